The molecule has 0 saturated carbocycles. The van der Waals surface area contributed by atoms with Crippen LogP contribution in [0.2, 0.25) is 0 Å². The molecular weight excluding hydrogens is 256 g/mol. The molecule has 0 saturated heterocycles. The smallest absolute Gasteiger partial charge is 0.162 e. The summed E-state index contributed by atoms with van der Waals surface area (Å²) in [5, 5.41) is 0. The third kappa shape index (κ3) is 2.46. The molecule has 1 aliphatic rings. The van der Waals surface area contributed by atoms with Crippen LogP contribution in [0.3, 0.4) is 0 Å². The van der Waals surface area contributed by atoms with Crippen molar-refractivity contribution in [2.45, 2.75) is 31.7 Å². The first-order chi connectivity index (χ1) is 9.65. The van der Waals surface area contributed by atoms with E-state index in [1.807, 2.05) is 6.07 Å². The topological polar surface area (TPSA) is 26.0 Å². The zero-order valence-corrected chi connectivity index (χ0v) is 11.2. The monoisotopic (exact) mass is 273 g/mol. The molecule has 1 atom stereocenters. The zero-order valence-electron chi connectivity index (χ0n) is 11.2. The van der Waals surface area contributed by atoms with Gasteiger partial charge < -0.3 is 5.73 Å². The Morgan fingerprint density at radius 1 is 1.05 bits per heavy atom. The summed E-state index contributed by atoms with van der Waals surface area (Å²) >= 11 is 0. The lowest BCUT2D eigenvalue weighted by atomic mass is 9.96. The van der Waals surface area contributed by atoms with Gasteiger partial charge in [0.25, 0.3) is 0 Å². The summed E-state index contributed by atoms with van der Waals surface area (Å²) in [4.78, 5) is 0. The molecule has 0 heterocycles. The maximum Gasteiger partial charge on any atom is 0.162 e. The Hall–Kier alpha value is -1.74. The molecule has 1 nitrogen and oxygen atoms in total. The average Bonchev–Trinajstić information content (AvgIpc) is 2.91. The van der Waals surface area contributed by atoms with Crippen molar-refractivity contribution >= 4 is 0 Å². The molecule has 2 N–H and O–H groups in total. The first-order valence-electron chi connectivity index (χ1n) is 6.95. The Morgan fingerprint density at radius 3 is 2.70 bits per heavy atom. The van der Waals surface area contributed by atoms with Crippen molar-refractivity contribution in [3.05, 3.63) is 70.3 Å². The number of halogens is 2. The summed E-state index contributed by atoms with van der Waals surface area (Å²) in [6.45, 7) is 0. The predicted molar refractivity (Wildman–Crippen MR) is 75.5 cm³/mol. The van der Waals surface area contributed by atoms with Gasteiger partial charge in [-0.1, -0.05) is 30.3 Å². The summed E-state index contributed by atoms with van der Waals surface area (Å²) in [6, 6.07) is 10.2. The van der Waals surface area contributed by atoms with Crippen molar-refractivity contribution in [3.63, 3.8) is 0 Å². The van der Waals surface area contributed by atoms with Gasteiger partial charge in [-0.15, -0.1) is 0 Å². The Bertz CT molecular complexity index is 637. The fourth-order valence-electron chi connectivity index (χ4n) is 2.88. The van der Waals surface area contributed by atoms with Crippen molar-refractivity contribution in [2.24, 2.45) is 5.73 Å². The maximum absolute atomic E-state index is 13.7. The van der Waals surface area contributed by atoms with E-state index in [0.29, 0.717) is 12.0 Å². The van der Waals surface area contributed by atoms with Gasteiger partial charge in [0.05, 0.1) is 0 Å². The van der Waals surface area contributed by atoms with Crippen LogP contribution in [0.4, 0.5) is 8.78 Å². The lowest BCUT2D eigenvalue weighted by Gasteiger charge is -2.14. The number of benzene rings is 2. The van der Waals surface area contributed by atoms with E-state index in [-0.39, 0.29) is 6.04 Å². The number of hydrogen-bond donors (Lipinski definition) is 1. The van der Waals surface area contributed by atoms with Gasteiger partial charge in [-0.2, -0.15) is 0 Å². The van der Waals surface area contributed by atoms with Gasteiger partial charge in [-0.3, -0.25) is 0 Å². The molecule has 0 amide bonds. The van der Waals surface area contributed by atoms with Crippen molar-refractivity contribution in [3.8, 4) is 0 Å². The molecule has 0 spiro atoms. The van der Waals surface area contributed by atoms with Crippen LogP contribution in [0.5, 0.6) is 0 Å². The molecule has 104 valence electrons. The van der Waals surface area contributed by atoms with E-state index in [9.17, 15) is 8.78 Å². The molecule has 2 aromatic rings. The fraction of sp³-hybridized carbons (Fsp3) is 0.294. The van der Waals surface area contributed by atoms with E-state index in [2.05, 4.69) is 12.1 Å². The van der Waals surface area contributed by atoms with Gasteiger partial charge in [0, 0.05) is 6.04 Å². The molecular formula is C17H17F2N. The second-order valence-corrected chi connectivity index (χ2v) is 5.41. The Kier molecular flexibility index (Phi) is 3.53. The first-order valence-corrected chi connectivity index (χ1v) is 6.95. The number of hydrogen-bond acceptors (Lipinski definition) is 1. The summed E-state index contributed by atoms with van der Waals surface area (Å²) in [6.07, 6.45) is 3.71. The largest absolute Gasteiger partial charge is 0.324 e. The van der Waals surface area contributed by atoms with Crippen LogP contribution < -0.4 is 5.73 Å². The van der Waals surface area contributed by atoms with Gasteiger partial charge in [0.15, 0.2) is 11.6 Å². The molecule has 0 aromatic heterocycles. The summed E-state index contributed by atoms with van der Waals surface area (Å²) < 4.78 is 26.9. The third-order valence-corrected chi connectivity index (χ3v) is 4.02. The molecule has 0 bridgehead atoms. The van der Waals surface area contributed by atoms with E-state index in [4.69, 9.17) is 5.73 Å². The van der Waals surface area contributed by atoms with Crippen molar-refractivity contribution in [2.75, 3.05) is 0 Å². The number of nitrogens with two attached hydrogens (primary N) is 1. The van der Waals surface area contributed by atoms with Gasteiger partial charge in [0.1, 0.15) is 0 Å². The minimum absolute atomic E-state index is 0.308. The predicted octanol–water partition coefficient (Wildman–Crippen LogP) is 3.70. The highest BCUT2D eigenvalue weighted by Crippen LogP contribution is 2.26. The van der Waals surface area contributed by atoms with Crippen molar-refractivity contribution < 1.29 is 8.78 Å². The third-order valence-electron chi connectivity index (χ3n) is 4.02. The van der Waals surface area contributed by atoms with E-state index in [1.165, 1.54) is 23.6 Å². The molecule has 0 radical (unpaired) electrons. The Balaban J connectivity index is 1.82. The average molecular weight is 273 g/mol. The second-order valence-electron chi connectivity index (χ2n) is 5.41. The highest BCUT2D eigenvalue weighted by Gasteiger charge is 2.16. The number of aryl methyl sites for hydroxylation is 2. The maximum atomic E-state index is 13.7. The number of fused-ring (bicyclic) bond motifs is 1. The van der Waals surface area contributed by atoms with E-state index in [0.717, 1.165) is 24.5 Å². The van der Waals surface area contributed by atoms with Crippen LogP contribution in [0.1, 0.15) is 34.7 Å². The minimum atomic E-state index is -0.816. The summed E-state index contributed by atoms with van der Waals surface area (Å²) in [5.74, 6) is -1.60. The van der Waals surface area contributed by atoms with Gasteiger partial charge in [-0.05, 0) is 54.0 Å². The van der Waals surface area contributed by atoms with E-state index >= 15 is 0 Å². The zero-order chi connectivity index (χ0) is 14.1. The molecule has 20 heavy (non-hydrogen) atoms. The molecule has 0 fully saturated rings. The van der Waals surface area contributed by atoms with Crippen LogP contribution in [0.15, 0.2) is 36.4 Å². The van der Waals surface area contributed by atoms with Crippen LogP contribution in [-0.4, -0.2) is 0 Å². The van der Waals surface area contributed by atoms with E-state index < -0.39 is 11.6 Å². The SMILES string of the molecule is NC(Cc1cccc(F)c1F)c1ccc2c(c1)CCC2. The minimum Gasteiger partial charge on any atom is -0.324 e. The Labute approximate surface area is 117 Å². The molecule has 1 aliphatic carbocycles. The molecule has 3 heteroatoms. The van der Waals surface area contributed by atoms with Crippen LogP contribution >= 0.6 is 0 Å². The van der Waals surface area contributed by atoms with Crippen molar-refractivity contribution in [1.29, 1.82) is 0 Å². The van der Waals surface area contributed by atoms with Gasteiger partial charge >= 0.3 is 0 Å². The molecule has 2 aromatic carbocycles. The second kappa shape index (κ2) is 5.33. The van der Waals surface area contributed by atoms with Gasteiger partial charge in [0.2, 0.25) is 0 Å². The quantitative estimate of drug-likeness (QED) is 0.906. The lowest BCUT2D eigenvalue weighted by molar-refractivity contribution is 0.494. The normalized spacial score (nSPS) is 15.2. The van der Waals surface area contributed by atoms with E-state index in [1.54, 1.807) is 6.07 Å². The lowest BCUT2D eigenvalue weighted by Crippen LogP contribution is -2.15. The molecule has 3 rings (SSSR count). The number of rotatable bonds is 3. The first kappa shape index (κ1) is 13.3. The summed E-state index contributed by atoms with van der Waals surface area (Å²) in [7, 11) is 0. The molecule has 1 unspecified atom stereocenters. The molecule has 0 aliphatic heterocycles. The Morgan fingerprint density at radius 2 is 1.85 bits per heavy atom. The standard InChI is InChI=1S/C17H17F2N/c18-15-6-2-5-14(17(15)19)10-16(20)13-8-7-11-3-1-4-12(11)9-13/h2,5-9,16H,1,3-4,10,20H2. The van der Waals surface area contributed by atoms with Gasteiger partial charge in [-0.25, -0.2) is 8.78 Å². The van der Waals surface area contributed by atoms with Crippen LogP contribution in [0.25, 0.3) is 0 Å². The highest BCUT2D eigenvalue weighted by molar-refractivity contribution is 5.37. The highest BCUT2D eigenvalue weighted by atomic mass is 19.2. The fourth-order valence-corrected chi connectivity index (χ4v) is 2.88. The van der Waals surface area contributed by atoms with Crippen LogP contribution in [-0.2, 0) is 19.3 Å². The van der Waals surface area contributed by atoms with Crippen LogP contribution in [0, 0.1) is 11.6 Å². The summed E-state index contributed by atoms with van der Waals surface area (Å²) in [5.41, 5.74) is 10.2. The van der Waals surface area contributed by atoms with Crippen molar-refractivity contribution in [1.82, 2.24) is 0 Å².